The Hall–Kier alpha value is -1.58. The minimum atomic E-state index is -0.234. The van der Waals surface area contributed by atoms with Crippen molar-refractivity contribution in [3.63, 3.8) is 0 Å². The summed E-state index contributed by atoms with van der Waals surface area (Å²) in [6.45, 7) is 3.77. The maximum atomic E-state index is 11.0. The van der Waals surface area contributed by atoms with E-state index in [0.29, 0.717) is 18.5 Å². The zero-order chi connectivity index (χ0) is 11.4. The van der Waals surface area contributed by atoms with Gasteiger partial charge in [-0.3, -0.25) is 9.59 Å². The van der Waals surface area contributed by atoms with E-state index in [1.54, 1.807) is 0 Å². The Labute approximate surface area is 88.6 Å². The van der Waals surface area contributed by atoms with E-state index in [9.17, 15) is 9.59 Å². The molecule has 1 heterocycles. The molecule has 1 rings (SSSR count). The van der Waals surface area contributed by atoms with Gasteiger partial charge in [-0.25, -0.2) is 0 Å². The third-order valence-corrected chi connectivity index (χ3v) is 2.56. The molecule has 0 aliphatic rings. The van der Waals surface area contributed by atoms with Gasteiger partial charge in [0.25, 0.3) is 0 Å². The van der Waals surface area contributed by atoms with Gasteiger partial charge in [0.1, 0.15) is 0 Å². The summed E-state index contributed by atoms with van der Waals surface area (Å²) in [6, 6.07) is 0. The SMILES string of the molecule is COC(=O)C[13CH2]c1c(C)[nH]c(C=O)c1C. The van der Waals surface area contributed by atoms with Gasteiger partial charge >= 0.3 is 5.97 Å². The van der Waals surface area contributed by atoms with Gasteiger partial charge in [-0.2, -0.15) is 0 Å². The lowest BCUT2D eigenvalue weighted by molar-refractivity contribution is -0.140. The number of methoxy groups -OCH3 is 1. The highest BCUT2D eigenvalue weighted by Gasteiger charge is 2.12. The molecule has 0 radical (unpaired) electrons. The second-order valence-corrected chi connectivity index (χ2v) is 3.46. The van der Waals surface area contributed by atoms with Crippen molar-refractivity contribution in [3.8, 4) is 0 Å². The summed E-state index contributed by atoms with van der Waals surface area (Å²) in [5.41, 5.74) is 3.49. The summed E-state index contributed by atoms with van der Waals surface area (Å²) in [5, 5.41) is 0. The van der Waals surface area contributed by atoms with Crippen LogP contribution in [0.25, 0.3) is 0 Å². The number of rotatable bonds is 4. The molecule has 1 N–H and O–H groups in total. The third-order valence-electron chi connectivity index (χ3n) is 2.56. The van der Waals surface area contributed by atoms with Gasteiger partial charge in [0.05, 0.1) is 12.8 Å². The van der Waals surface area contributed by atoms with Crippen molar-refractivity contribution < 1.29 is 14.3 Å². The van der Waals surface area contributed by atoms with Crippen LogP contribution in [0, 0.1) is 13.8 Å². The molecule has 0 amide bonds. The lowest BCUT2D eigenvalue weighted by Crippen LogP contribution is -2.02. The van der Waals surface area contributed by atoms with Crippen molar-refractivity contribution in [2.75, 3.05) is 7.11 Å². The van der Waals surface area contributed by atoms with Crippen LogP contribution < -0.4 is 0 Å². The maximum Gasteiger partial charge on any atom is 0.305 e. The minimum Gasteiger partial charge on any atom is -0.469 e. The Morgan fingerprint density at radius 1 is 1.47 bits per heavy atom. The molecule has 0 aliphatic heterocycles. The van der Waals surface area contributed by atoms with Crippen LogP contribution in [0.4, 0.5) is 0 Å². The number of hydrogen-bond acceptors (Lipinski definition) is 3. The fourth-order valence-electron chi connectivity index (χ4n) is 1.64. The van der Waals surface area contributed by atoms with Crippen molar-refractivity contribution in [2.24, 2.45) is 0 Å². The van der Waals surface area contributed by atoms with Crippen molar-refractivity contribution >= 4 is 12.3 Å². The summed E-state index contributed by atoms with van der Waals surface area (Å²) in [5.74, 6) is -0.234. The van der Waals surface area contributed by atoms with E-state index in [4.69, 9.17) is 0 Å². The smallest absolute Gasteiger partial charge is 0.305 e. The molecule has 4 nitrogen and oxygen atoms in total. The van der Waals surface area contributed by atoms with Crippen molar-refractivity contribution in [1.82, 2.24) is 4.98 Å². The fourth-order valence-corrected chi connectivity index (χ4v) is 1.64. The first kappa shape index (κ1) is 11.5. The lowest BCUT2D eigenvalue weighted by atomic mass is 10.2. The van der Waals surface area contributed by atoms with Crippen LogP contribution >= 0.6 is 0 Å². The summed E-state index contributed by atoms with van der Waals surface area (Å²) >= 11 is 0. The van der Waals surface area contributed by atoms with E-state index in [1.165, 1.54) is 7.11 Å². The Bertz CT molecular complexity index is 379. The minimum absolute atomic E-state index is 0.234. The molecule has 0 spiro atoms. The lowest BCUT2D eigenvalue weighted by Gasteiger charge is -2.01. The summed E-state index contributed by atoms with van der Waals surface area (Å²) in [6.07, 6.45) is 1.74. The van der Waals surface area contributed by atoms with Crippen LogP contribution in [-0.2, 0) is 16.0 Å². The van der Waals surface area contributed by atoms with Gasteiger partial charge < -0.3 is 9.72 Å². The van der Waals surface area contributed by atoms with E-state index in [1.807, 2.05) is 13.8 Å². The van der Waals surface area contributed by atoms with Crippen molar-refractivity contribution in [2.45, 2.75) is 26.7 Å². The molecule has 0 aliphatic carbocycles. The van der Waals surface area contributed by atoms with Crippen molar-refractivity contribution in [3.05, 3.63) is 22.5 Å². The highest BCUT2D eigenvalue weighted by molar-refractivity contribution is 5.76. The molecule has 4 heteroatoms. The highest BCUT2D eigenvalue weighted by atomic mass is 16.5. The van der Waals surface area contributed by atoms with Crippen LogP contribution in [0.2, 0.25) is 0 Å². The molecule has 0 saturated carbocycles. The summed E-state index contributed by atoms with van der Waals surface area (Å²) in [7, 11) is 1.37. The number of hydrogen-bond donors (Lipinski definition) is 1. The van der Waals surface area contributed by atoms with E-state index in [2.05, 4.69) is 9.72 Å². The van der Waals surface area contributed by atoms with Gasteiger partial charge in [0, 0.05) is 12.1 Å². The Morgan fingerprint density at radius 3 is 2.60 bits per heavy atom. The molecule has 0 unspecified atom stereocenters. The second-order valence-electron chi connectivity index (χ2n) is 3.46. The Kier molecular flexibility index (Phi) is 3.66. The molecule has 82 valence electrons. The van der Waals surface area contributed by atoms with Gasteiger partial charge in [-0.1, -0.05) is 0 Å². The van der Waals surface area contributed by atoms with E-state index < -0.39 is 0 Å². The van der Waals surface area contributed by atoms with Crippen LogP contribution in [0.3, 0.4) is 0 Å². The first-order valence-electron chi connectivity index (χ1n) is 4.80. The quantitative estimate of drug-likeness (QED) is 0.466. The van der Waals surface area contributed by atoms with Gasteiger partial charge in [-0.05, 0) is 31.4 Å². The molecular formula is C11H15NO3. The highest BCUT2D eigenvalue weighted by Crippen LogP contribution is 2.18. The number of aromatic nitrogens is 1. The molecule has 15 heavy (non-hydrogen) atoms. The Morgan fingerprint density at radius 2 is 2.13 bits per heavy atom. The van der Waals surface area contributed by atoms with Crippen LogP contribution in [0.15, 0.2) is 0 Å². The number of carbonyl (C=O) groups is 2. The molecule has 0 aromatic carbocycles. The molecule has 0 fully saturated rings. The van der Waals surface area contributed by atoms with E-state index in [0.717, 1.165) is 23.1 Å². The number of H-pyrrole nitrogens is 1. The first-order valence-corrected chi connectivity index (χ1v) is 4.80. The summed E-state index contributed by atoms with van der Waals surface area (Å²) < 4.78 is 4.57. The normalized spacial score (nSPS) is 10.1. The number of nitrogens with one attached hydrogen (secondary N) is 1. The fraction of sp³-hybridized carbons (Fsp3) is 0.455. The predicted octanol–water partition coefficient (Wildman–Crippen LogP) is 1.55. The third kappa shape index (κ3) is 2.46. The van der Waals surface area contributed by atoms with Crippen LogP contribution in [0.5, 0.6) is 0 Å². The molecule has 0 bridgehead atoms. The second kappa shape index (κ2) is 4.77. The number of esters is 1. The molecular weight excluding hydrogens is 195 g/mol. The molecule has 1 aromatic heterocycles. The zero-order valence-corrected chi connectivity index (χ0v) is 9.22. The number of aryl methyl sites for hydroxylation is 1. The maximum absolute atomic E-state index is 11.0. The van der Waals surface area contributed by atoms with Crippen LogP contribution in [0.1, 0.15) is 33.7 Å². The molecule has 0 saturated heterocycles. The average molecular weight is 210 g/mol. The van der Waals surface area contributed by atoms with Gasteiger partial charge in [0.15, 0.2) is 6.29 Å². The van der Waals surface area contributed by atoms with E-state index >= 15 is 0 Å². The Balaban J connectivity index is 2.80. The van der Waals surface area contributed by atoms with Crippen LogP contribution in [-0.4, -0.2) is 24.3 Å². The number of carbonyl (C=O) groups excluding carboxylic acids is 2. The van der Waals surface area contributed by atoms with E-state index in [-0.39, 0.29) is 5.97 Å². The van der Waals surface area contributed by atoms with Gasteiger partial charge in [0.2, 0.25) is 0 Å². The number of ether oxygens (including phenoxy) is 1. The topological polar surface area (TPSA) is 59.2 Å². The first-order chi connectivity index (χ1) is 7.10. The van der Waals surface area contributed by atoms with Crippen molar-refractivity contribution in [1.29, 1.82) is 0 Å². The number of aromatic amines is 1. The molecule has 1 aromatic rings. The van der Waals surface area contributed by atoms with Gasteiger partial charge in [-0.15, -0.1) is 0 Å². The number of aldehydes is 1. The average Bonchev–Trinajstić information content (AvgIpc) is 2.51. The monoisotopic (exact) mass is 210 g/mol. The standard InChI is InChI=1S/C11H15NO3/c1-7-9(4-5-11(14)15-3)8(2)12-10(7)6-13/h6,12H,4-5H2,1-3H3/i4+1. The molecule has 0 atom stereocenters. The largest absolute Gasteiger partial charge is 0.469 e. The predicted molar refractivity (Wildman–Crippen MR) is 56.0 cm³/mol. The summed E-state index contributed by atoms with van der Waals surface area (Å²) in [4.78, 5) is 24.6. The zero-order valence-electron chi connectivity index (χ0n) is 9.22.